The van der Waals surface area contributed by atoms with Gasteiger partial charge in [0.2, 0.25) is 0 Å². The van der Waals surface area contributed by atoms with Crippen LogP contribution in [0.1, 0.15) is 25.7 Å². The van der Waals surface area contributed by atoms with Gasteiger partial charge in [-0.3, -0.25) is 0 Å². The number of hydrogen-bond acceptors (Lipinski definition) is 2. The maximum Gasteiger partial charge on any atom is 0.0577 e. The first-order valence-electron chi connectivity index (χ1n) is 4.42. The second-order valence-corrected chi connectivity index (χ2v) is 2.89. The molecule has 0 spiro atoms. The van der Waals surface area contributed by atoms with E-state index in [1.807, 2.05) is 0 Å². The van der Waals surface area contributed by atoms with Gasteiger partial charge in [0.1, 0.15) is 0 Å². The molecule has 1 fully saturated rings. The summed E-state index contributed by atoms with van der Waals surface area (Å²) in [6.07, 6.45) is 5.37. The summed E-state index contributed by atoms with van der Waals surface area (Å²) in [6.45, 7) is 5.91. The average molecular weight is 157 g/mol. The van der Waals surface area contributed by atoms with Crippen molar-refractivity contribution in [1.29, 1.82) is 0 Å². The highest BCUT2D eigenvalue weighted by molar-refractivity contribution is 4.72. The molecule has 65 valence electrons. The number of rotatable bonds is 7. The number of unbranched alkanes of at least 4 members (excludes halogenated alkanes) is 1. The Labute approximate surface area is 68.9 Å². The van der Waals surface area contributed by atoms with Crippen LogP contribution in [0.4, 0.5) is 0 Å². The molecule has 1 aliphatic rings. The lowest BCUT2D eigenvalue weighted by atomic mass is 10.3. The Morgan fingerprint density at radius 1 is 1.18 bits per heavy atom. The quantitative estimate of drug-likeness (QED) is 0.525. The fourth-order valence-corrected chi connectivity index (χ4v) is 0.893. The van der Waals surface area contributed by atoms with Crippen molar-refractivity contribution >= 4 is 0 Å². The molecular formula is C9H17O2. The summed E-state index contributed by atoms with van der Waals surface area (Å²) in [5.74, 6) is 0. The molecule has 1 rings (SSSR count). The summed E-state index contributed by atoms with van der Waals surface area (Å²) in [5, 5.41) is 0. The molecule has 1 aliphatic carbocycles. The first-order valence-corrected chi connectivity index (χ1v) is 4.42. The van der Waals surface area contributed by atoms with Crippen LogP contribution < -0.4 is 0 Å². The summed E-state index contributed by atoms with van der Waals surface area (Å²) < 4.78 is 10.6. The molecule has 0 aromatic rings. The van der Waals surface area contributed by atoms with E-state index < -0.39 is 0 Å². The van der Waals surface area contributed by atoms with Crippen molar-refractivity contribution in [3.8, 4) is 0 Å². The van der Waals surface area contributed by atoms with E-state index in [0.717, 1.165) is 26.1 Å². The lowest BCUT2D eigenvalue weighted by molar-refractivity contribution is 0.102. The molecule has 11 heavy (non-hydrogen) atoms. The van der Waals surface area contributed by atoms with Crippen LogP contribution in [0.2, 0.25) is 0 Å². The standard InChI is InChI=1S/C9H17O2/c1-2-10-7-3-4-8-11-9-5-6-9/h9H,1-8H2. The fraction of sp³-hybridized carbons (Fsp3) is 0.889. The van der Waals surface area contributed by atoms with Gasteiger partial charge in [0.15, 0.2) is 0 Å². The Bertz CT molecular complexity index is 89.6. The van der Waals surface area contributed by atoms with Gasteiger partial charge in [-0.25, -0.2) is 0 Å². The molecule has 0 unspecified atom stereocenters. The smallest absolute Gasteiger partial charge is 0.0577 e. The van der Waals surface area contributed by atoms with E-state index in [1.54, 1.807) is 0 Å². The van der Waals surface area contributed by atoms with Crippen molar-refractivity contribution < 1.29 is 9.47 Å². The van der Waals surface area contributed by atoms with Crippen molar-refractivity contribution in [2.75, 3.05) is 19.8 Å². The molecule has 0 amide bonds. The predicted octanol–water partition coefficient (Wildman–Crippen LogP) is 1.80. The summed E-state index contributed by atoms with van der Waals surface area (Å²) in [6, 6.07) is 0. The van der Waals surface area contributed by atoms with Gasteiger partial charge in [0, 0.05) is 19.8 Å². The second kappa shape index (κ2) is 5.56. The average Bonchev–Trinajstić information content (AvgIpc) is 2.80. The largest absolute Gasteiger partial charge is 0.381 e. The maximum absolute atomic E-state index is 5.46. The molecule has 2 nitrogen and oxygen atoms in total. The van der Waals surface area contributed by atoms with E-state index in [0.29, 0.717) is 12.7 Å². The molecule has 2 heteroatoms. The molecular weight excluding hydrogens is 140 g/mol. The number of ether oxygens (including phenoxy) is 2. The Hall–Kier alpha value is -0.0800. The molecule has 0 bridgehead atoms. The molecule has 0 N–H and O–H groups in total. The van der Waals surface area contributed by atoms with Crippen LogP contribution in [0.25, 0.3) is 0 Å². The Morgan fingerprint density at radius 3 is 2.55 bits per heavy atom. The van der Waals surface area contributed by atoms with E-state index in [9.17, 15) is 0 Å². The van der Waals surface area contributed by atoms with Crippen LogP contribution in [0.3, 0.4) is 0 Å². The van der Waals surface area contributed by atoms with Gasteiger partial charge in [-0.05, 0) is 32.6 Å². The van der Waals surface area contributed by atoms with Crippen molar-refractivity contribution in [3.05, 3.63) is 6.92 Å². The van der Waals surface area contributed by atoms with Gasteiger partial charge in [-0.15, -0.1) is 0 Å². The Morgan fingerprint density at radius 2 is 1.91 bits per heavy atom. The van der Waals surface area contributed by atoms with Crippen molar-refractivity contribution in [3.63, 3.8) is 0 Å². The van der Waals surface area contributed by atoms with E-state index >= 15 is 0 Å². The zero-order valence-corrected chi connectivity index (χ0v) is 7.05. The lowest BCUT2D eigenvalue weighted by Crippen LogP contribution is -1.99. The SMILES string of the molecule is [CH2]COCCCCOC1CC1. The Kier molecular flexibility index (Phi) is 4.55. The van der Waals surface area contributed by atoms with Crippen molar-refractivity contribution in [1.82, 2.24) is 0 Å². The highest BCUT2D eigenvalue weighted by atomic mass is 16.5. The minimum Gasteiger partial charge on any atom is -0.381 e. The van der Waals surface area contributed by atoms with E-state index in [1.165, 1.54) is 12.8 Å². The third-order valence-corrected chi connectivity index (χ3v) is 1.71. The van der Waals surface area contributed by atoms with E-state index in [2.05, 4.69) is 6.92 Å². The van der Waals surface area contributed by atoms with Crippen LogP contribution in [0, 0.1) is 6.92 Å². The van der Waals surface area contributed by atoms with E-state index in [4.69, 9.17) is 9.47 Å². The van der Waals surface area contributed by atoms with E-state index in [-0.39, 0.29) is 0 Å². The minimum absolute atomic E-state index is 0.587. The molecule has 1 radical (unpaired) electrons. The fourth-order valence-electron chi connectivity index (χ4n) is 0.893. The Balaban J connectivity index is 1.66. The monoisotopic (exact) mass is 157 g/mol. The molecule has 0 aliphatic heterocycles. The van der Waals surface area contributed by atoms with Crippen LogP contribution in [-0.4, -0.2) is 25.9 Å². The molecule has 0 aromatic heterocycles. The maximum atomic E-state index is 5.46. The summed E-state index contributed by atoms with van der Waals surface area (Å²) in [4.78, 5) is 0. The third kappa shape index (κ3) is 5.22. The van der Waals surface area contributed by atoms with Gasteiger partial charge >= 0.3 is 0 Å². The molecule has 1 saturated carbocycles. The van der Waals surface area contributed by atoms with Crippen molar-refractivity contribution in [2.45, 2.75) is 31.8 Å². The summed E-state index contributed by atoms with van der Waals surface area (Å²) in [7, 11) is 0. The molecule has 0 aromatic carbocycles. The summed E-state index contributed by atoms with van der Waals surface area (Å²) in [5.41, 5.74) is 0. The van der Waals surface area contributed by atoms with Crippen LogP contribution >= 0.6 is 0 Å². The van der Waals surface area contributed by atoms with Gasteiger partial charge in [0.25, 0.3) is 0 Å². The number of hydrogen-bond donors (Lipinski definition) is 0. The normalized spacial score (nSPS) is 17.2. The predicted molar refractivity (Wildman–Crippen MR) is 44.4 cm³/mol. The molecule has 0 saturated heterocycles. The van der Waals surface area contributed by atoms with Crippen molar-refractivity contribution in [2.24, 2.45) is 0 Å². The summed E-state index contributed by atoms with van der Waals surface area (Å²) >= 11 is 0. The van der Waals surface area contributed by atoms with Gasteiger partial charge in [0.05, 0.1) is 6.10 Å². The third-order valence-electron chi connectivity index (χ3n) is 1.71. The first kappa shape index (κ1) is 9.01. The van der Waals surface area contributed by atoms with Gasteiger partial charge in [-0.1, -0.05) is 0 Å². The van der Waals surface area contributed by atoms with Gasteiger partial charge in [-0.2, -0.15) is 0 Å². The first-order chi connectivity index (χ1) is 5.43. The second-order valence-electron chi connectivity index (χ2n) is 2.89. The van der Waals surface area contributed by atoms with Crippen LogP contribution in [0.15, 0.2) is 0 Å². The lowest BCUT2D eigenvalue weighted by Gasteiger charge is -2.01. The highest BCUT2D eigenvalue weighted by Gasteiger charge is 2.21. The minimum atomic E-state index is 0.587. The van der Waals surface area contributed by atoms with Gasteiger partial charge < -0.3 is 9.47 Å². The van der Waals surface area contributed by atoms with Crippen LogP contribution in [0.5, 0.6) is 0 Å². The molecule has 0 atom stereocenters. The zero-order chi connectivity index (χ0) is 7.94. The van der Waals surface area contributed by atoms with Crippen LogP contribution in [-0.2, 0) is 9.47 Å². The highest BCUT2D eigenvalue weighted by Crippen LogP contribution is 2.23. The molecule has 0 heterocycles. The zero-order valence-electron chi connectivity index (χ0n) is 7.05. The topological polar surface area (TPSA) is 18.5 Å².